The molecule has 0 atom stereocenters. The lowest BCUT2D eigenvalue weighted by Crippen LogP contribution is -2.29. The van der Waals surface area contributed by atoms with Crippen LogP contribution in [0.15, 0.2) is 83.3 Å². The molecule has 3 aromatic carbocycles. The molecule has 1 aromatic heterocycles. The van der Waals surface area contributed by atoms with Crippen LogP contribution in [0.25, 0.3) is 21.8 Å². The Morgan fingerprint density at radius 1 is 0.708 bits per heavy atom. The highest BCUT2D eigenvalue weighted by atomic mass is 79.9. The summed E-state index contributed by atoms with van der Waals surface area (Å²) >= 11 is 3.23. The average Bonchev–Trinajstić information content (AvgIpc) is 2.61. The first-order valence-corrected chi connectivity index (χ1v) is 8.29. The summed E-state index contributed by atoms with van der Waals surface area (Å²) in [6, 6.07) is 25.4. The van der Waals surface area contributed by atoms with Gasteiger partial charge in [-0.15, -0.1) is 0 Å². The Kier molecular flexibility index (Phi) is 5.25. The lowest BCUT2D eigenvalue weighted by atomic mass is 9.81. The first-order chi connectivity index (χ1) is 11.6. The summed E-state index contributed by atoms with van der Waals surface area (Å²) in [7, 11) is -1.37. The normalized spacial score (nSPS) is 10.3. The van der Waals surface area contributed by atoms with Gasteiger partial charge in [-0.2, -0.15) is 0 Å². The number of hydrogen-bond donors (Lipinski definition) is 2. The number of benzene rings is 3. The monoisotopic (exact) mass is 379 g/mol. The molecular weight excluding hydrogens is 365 g/mol. The second-order valence-electron chi connectivity index (χ2n) is 5.30. The molecule has 4 aromatic rings. The van der Waals surface area contributed by atoms with E-state index in [0.717, 1.165) is 15.5 Å². The highest BCUT2D eigenvalue weighted by Gasteiger charge is 2.08. The van der Waals surface area contributed by atoms with Gasteiger partial charge in [-0.05, 0) is 35.8 Å². The van der Waals surface area contributed by atoms with Crippen LogP contribution in [0, 0.1) is 0 Å². The molecule has 0 aliphatic carbocycles. The van der Waals surface area contributed by atoms with Gasteiger partial charge in [0, 0.05) is 15.2 Å². The van der Waals surface area contributed by atoms with Crippen molar-refractivity contribution in [3.63, 3.8) is 0 Å². The summed E-state index contributed by atoms with van der Waals surface area (Å²) in [6.07, 6.45) is 0. The topological polar surface area (TPSA) is 53.4 Å². The van der Waals surface area contributed by atoms with Gasteiger partial charge in [0.05, 0.1) is 11.0 Å². The molecule has 3 nitrogen and oxygen atoms in total. The van der Waals surface area contributed by atoms with Gasteiger partial charge in [0.15, 0.2) is 0 Å². The Hall–Kier alpha value is -2.21. The Bertz CT molecular complexity index is 853. The zero-order valence-corrected chi connectivity index (χ0v) is 14.4. The van der Waals surface area contributed by atoms with Gasteiger partial charge >= 0.3 is 7.12 Å². The molecule has 0 saturated carbocycles. The van der Waals surface area contributed by atoms with E-state index in [9.17, 15) is 0 Å². The van der Waals surface area contributed by atoms with Crippen LogP contribution in [0.2, 0.25) is 0 Å². The van der Waals surface area contributed by atoms with Gasteiger partial charge in [0.1, 0.15) is 0 Å². The lowest BCUT2D eigenvalue weighted by Gasteiger charge is -1.99. The van der Waals surface area contributed by atoms with Crippen LogP contribution >= 0.6 is 15.9 Å². The molecule has 4 rings (SSSR count). The van der Waals surface area contributed by atoms with Crippen molar-refractivity contribution >= 4 is 50.3 Å². The van der Waals surface area contributed by atoms with E-state index in [1.165, 1.54) is 10.8 Å². The number of halogens is 1. The number of pyridine rings is 1. The van der Waals surface area contributed by atoms with Crippen molar-refractivity contribution in [2.45, 2.75) is 0 Å². The highest BCUT2D eigenvalue weighted by molar-refractivity contribution is 9.10. The van der Waals surface area contributed by atoms with Crippen molar-refractivity contribution in [1.29, 1.82) is 0 Å². The van der Waals surface area contributed by atoms with E-state index in [0.29, 0.717) is 5.46 Å². The Balaban J connectivity index is 0.000000150. The summed E-state index contributed by atoms with van der Waals surface area (Å²) in [5, 5.41) is 19.7. The molecule has 0 bridgehead atoms. The smallest absolute Gasteiger partial charge is 0.423 e. The van der Waals surface area contributed by atoms with Gasteiger partial charge in [0.25, 0.3) is 0 Å². The van der Waals surface area contributed by atoms with Crippen LogP contribution in [-0.2, 0) is 0 Å². The third-order valence-electron chi connectivity index (χ3n) is 3.59. The number of aromatic nitrogens is 1. The van der Waals surface area contributed by atoms with Crippen LogP contribution in [-0.4, -0.2) is 22.2 Å². The fraction of sp³-hybridized carbons (Fsp3) is 0. The van der Waals surface area contributed by atoms with Crippen molar-refractivity contribution < 1.29 is 10.0 Å². The van der Waals surface area contributed by atoms with Gasteiger partial charge in [-0.25, -0.2) is 4.98 Å². The number of fused-ring (bicyclic) bond motifs is 2. The van der Waals surface area contributed by atoms with Crippen molar-refractivity contribution in [1.82, 2.24) is 4.98 Å². The van der Waals surface area contributed by atoms with Gasteiger partial charge < -0.3 is 10.0 Å². The minimum Gasteiger partial charge on any atom is -0.423 e. The SMILES string of the molecule is OB(O)c1ccc(Br)cc1.c1ccc2nc3ccccc3cc2c1. The molecule has 0 spiro atoms. The Morgan fingerprint density at radius 3 is 1.71 bits per heavy atom. The second kappa shape index (κ2) is 7.58. The van der Waals surface area contributed by atoms with E-state index in [-0.39, 0.29) is 0 Å². The Morgan fingerprint density at radius 2 is 1.21 bits per heavy atom. The summed E-state index contributed by atoms with van der Waals surface area (Å²) in [4.78, 5) is 4.58. The highest BCUT2D eigenvalue weighted by Crippen LogP contribution is 2.18. The standard InChI is InChI=1S/C13H9N.C6H6BBrO2/c1-3-7-12-10(5-1)9-11-6-2-4-8-13(11)14-12;8-6-3-1-5(2-4-6)7(9)10/h1-9H;1-4,9-10H. The van der Waals surface area contributed by atoms with Crippen molar-refractivity contribution in [3.8, 4) is 0 Å². The largest absolute Gasteiger partial charge is 0.488 e. The molecule has 1 heterocycles. The maximum absolute atomic E-state index is 8.65. The van der Waals surface area contributed by atoms with Crippen molar-refractivity contribution in [3.05, 3.63) is 83.3 Å². The summed E-state index contributed by atoms with van der Waals surface area (Å²) in [5.74, 6) is 0. The number of hydrogen-bond acceptors (Lipinski definition) is 3. The molecule has 0 radical (unpaired) electrons. The van der Waals surface area contributed by atoms with E-state index in [4.69, 9.17) is 10.0 Å². The third-order valence-corrected chi connectivity index (χ3v) is 4.12. The summed E-state index contributed by atoms with van der Waals surface area (Å²) < 4.78 is 0.928. The molecule has 0 fully saturated rings. The fourth-order valence-electron chi connectivity index (χ4n) is 2.36. The molecule has 0 aliphatic rings. The molecule has 0 unspecified atom stereocenters. The molecule has 5 heteroatoms. The molecule has 2 N–H and O–H groups in total. The minimum atomic E-state index is -1.37. The minimum absolute atomic E-state index is 0.503. The lowest BCUT2D eigenvalue weighted by molar-refractivity contribution is 0.426. The maximum Gasteiger partial charge on any atom is 0.488 e. The first kappa shape index (κ1) is 16.6. The first-order valence-electron chi connectivity index (χ1n) is 7.49. The molecule has 24 heavy (non-hydrogen) atoms. The summed E-state index contributed by atoms with van der Waals surface area (Å²) in [5.41, 5.74) is 2.63. The predicted molar refractivity (Wildman–Crippen MR) is 103 cm³/mol. The Labute approximate surface area is 148 Å². The summed E-state index contributed by atoms with van der Waals surface area (Å²) in [6.45, 7) is 0. The second-order valence-corrected chi connectivity index (χ2v) is 6.21. The third kappa shape index (κ3) is 4.00. The quantitative estimate of drug-likeness (QED) is 0.393. The van der Waals surface area contributed by atoms with E-state index < -0.39 is 7.12 Å². The van der Waals surface area contributed by atoms with Crippen LogP contribution in [0.1, 0.15) is 0 Å². The molecule has 118 valence electrons. The average molecular weight is 380 g/mol. The van der Waals surface area contributed by atoms with E-state index in [1.54, 1.807) is 24.3 Å². The number of rotatable bonds is 1. The van der Waals surface area contributed by atoms with Crippen LogP contribution < -0.4 is 5.46 Å². The van der Waals surface area contributed by atoms with E-state index in [2.05, 4.69) is 39.1 Å². The van der Waals surface area contributed by atoms with Crippen LogP contribution in [0.5, 0.6) is 0 Å². The van der Waals surface area contributed by atoms with Crippen molar-refractivity contribution in [2.24, 2.45) is 0 Å². The van der Waals surface area contributed by atoms with E-state index >= 15 is 0 Å². The van der Waals surface area contributed by atoms with Crippen LogP contribution in [0.4, 0.5) is 0 Å². The molecule has 0 aliphatic heterocycles. The fourth-order valence-corrected chi connectivity index (χ4v) is 2.62. The number of para-hydroxylation sites is 2. The number of nitrogens with zero attached hydrogens (tertiary/aromatic N) is 1. The van der Waals surface area contributed by atoms with Crippen molar-refractivity contribution in [2.75, 3.05) is 0 Å². The van der Waals surface area contributed by atoms with Crippen LogP contribution in [0.3, 0.4) is 0 Å². The van der Waals surface area contributed by atoms with Gasteiger partial charge in [0.2, 0.25) is 0 Å². The van der Waals surface area contributed by atoms with Gasteiger partial charge in [-0.1, -0.05) is 64.5 Å². The molecular formula is C19H15BBrNO2. The molecule has 0 saturated heterocycles. The maximum atomic E-state index is 8.65. The zero-order chi connectivity index (χ0) is 16.9. The zero-order valence-electron chi connectivity index (χ0n) is 12.8. The molecule has 0 amide bonds. The van der Waals surface area contributed by atoms with E-state index in [1.807, 2.05) is 36.4 Å². The predicted octanol–water partition coefficient (Wildman–Crippen LogP) is 3.52. The van der Waals surface area contributed by atoms with Gasteiger partial charge in [-0.3, -0.25) is 0 Å².